The highest BCUT2D eigenvalue weighted by Gasteiger charge is 2.36. The molecule has 0 aliphatic rings. The Kier molecular flexibility index (Phi) is 32.8. The number of hydrogen-bond acceptors (Lipinski definition) is 17. The summed E-state index contributed by atoms with van der Waals surface area (Å²) in [5.74, 6) is -18.1. The molecule has 0 radical (unpaired) electrons. The molecule has 0 aliphatic heterocycles. The summed E-state index contributed by atoms with van der Waals surface area (Å²) in [5.41, 5.74) is 32.1. The van der Waals surface area contributed by atoms with Crippen LogP contribution in [0.1, 0.15) is 125 Å². The summed E-state index contributed by atoms with van der Waals surface area (Å²) in [4.78, 5) is 175. The van der Waals surface area contributed by atoms with Gasteiger partial charge in [-0.25, -0.2) is 0 Å². The van der Waals surface area contributed by atoms with Gasteiger partial charge in [-0.1, -0.05) is 20.8 Å². The summed E-state index contributed by atoms with van der Waals surface area (Å²) in [7, 11) is 0. The van der Waals surface area contributed by atoms with Gasteiger partial charge in [-0.3, -0.25) is 72.3 Å². The number of hydrogen-bond donors (Lipinski definition) is 15. The molecule has 0 aliphatic carbocycles. The van der Waals surface area contributed by atoms with Crippen LogP contribution in [0.2, 0.25) is 0 Å². The SMILES string of the molecule is CC(C)C[C@H](C)C(=O)N[C@@H](CCCN=C(N)N)C(=O)C[C@@H](CCC(=O)O)C(=O)N[C@H](C(=O)C[C@@H](CC(N)=O)C(=O)N[C@@H](C)C(=O)CCC(=O)N[C@@H](CCCN=C(N)N)C(=O)C[C@@H](CO)C(=O)N[C@@H](CC(=O)O)C(N)=O)[C@@H](C)O. The minimum atomic E-state index is -1.79. The zero-order valence-corrected chi connectivity index (χ0v) is 44.8. The number of rotatable bonds is 42. The first kappa shape index (κ1) is 70.4. The summed E-state index contributed by atoms with van der Waals surface area (Å²) < 4.78 is 0. The van der Waals surface area contributed by atoms with Crippen LogP contribution in [0.4, 0.5) is 0 Å². The first-order chi connectivity index (χ1) is 36.3. The highest BCUT2D eigenvalue weighted by Crippen LogP contribution is 2.20. The van der Waals surface area contributed by atoms with Crippen LogP contribution in [0.15, 0.2) is 9.98 Å². The molecule has 10 atom stereocenters. The van der Waals surface area contributed by atoms with Crippen molar-refractivity contribution in [2.45, 2.75) is 161 Å². The van der Waals surface area contributed by atoms with Crippen molar-refractivity contribution >= 4 is 88.3 Å². The van der Waals surface area contributed by atoms with Gasteiger partial charge in [-0.15, -0.1) is 0 Å². The van der Waals surface area contributed by atoms with E-state index in [2.05, 4.69) is 36.6 Å². The van der Waals surface area contributed by atoms with Crippen LogP contribution >= 0.6 is 0 Å². The third-order valence-corrected chi connectivity index (χ3v) is 12.0. The number of guanidine groups is 2. The first-order valence-electron chi connectivity index (χ1n) is 25.3. The molecule has 0 aromatic carbocycles. The minimum Gasteiger partial charge on any atom is -0.481 e. The number of amides is 7. The summed E-state index contributed by atoms with van der Waals surface area (Å²) in [5, 5.41) is 51.0. The number of primary amides is 2. The van der Waals surface area contributed by atoms with Crippen molar-refractivity contribution in [1.29, 1.82) is 0 Å². The summed E-state index contributed by atoms with van der Waals surface area (Å²) in [6.07, 6.45) is -6.91. The Hall–Kier alpha value is -7.63. The number of carboxylic acids is 2. The fraction of sp³-hybridized carbons (Fsp3) is 0.688. The summed E-state index contributed by atoms with van der Waals surface area (Å²) >= 11 is 0. The van der Waals surface area contributed by atoms with E-state index in [1.54, 1.807) is 6.92 Å². The Morgan fingerprint density at radius 2 is 0.974 bits per heavy atom. The fourth-order valence-corrected chi connectivity index (χ4v) is 7.83. The number of nitrogens with zero attached hydrogens (tertiary/aromatic N) is 2. The number of aliphatic hydroxyl groups is 2. The molecule has 0 saturated heterocycles. The number of Topliss-reactive ketones (excluding diaryl/α,β-unsaturated/α-hetero) is 4. The number of nitrogens with one attached hydrogen (secondary N) is 5. The van der Waals surface area contributed by atoms with E-state index in [0.29, 0.717) is 6.42 Å². The third kappa shape index (κ3) is 29.6. The third-order valence-electron chi connectivity index (χ3n) is 12.0. The highest BCUT2D eigenvalue weighted by molar-refractivity contribution is 5.99. The molecule has 0 aromatic heterocycles. The zero-order valence-electron chi connectivity index (χ0n) is 44.8. The molecule has 0 rings (SSSR count). The maximum atomic E-state index is 13.8. The van der Waals surface area contributed by atoms with E-state index < -0.39 is 201 Å². The summed E-state index contributed by atoms with van der Waals surface area (Å²) in [6.45, 7) is 6.98. The average Bonchev–Trinajstić information content (AvgIpc) is 3.32. The van der Waals surface area contributed by atoms with Crippen LogP contribution in [0, 0.1) is 29.6 Å². The van der Waals surface area contributed by atoms with E-state index >= 15 is 0 Å². The van der Waals surface area contributed by atoms with Gasteiger partial charge in [-0.2, -0.15) is 0 Å². The van der Waals surface area contributed by atoms with E-state index in [1.165, 1.54) is 6.92 Å². The van der Waals surface area contributed by atoms with Crippen LogP contribution in [0.3, 0.4) is 0 Å². The second-order valence-electron chi connectivity index (χ2n) is 19.5. The molecular formula is C48H81N13O17. The Bertz CT molecular complexity index is 2180. The van der Waals surface area contributed by atoms with Crippen molar-refractivity contribution in [1.82, 2.24) is 26.6 Å². The monoisotopic (exact) mass is 1110 g/mol. The van der Waals surface area contributed by atoms with Gasteiger partial charge in [0.1, 0.15) is 12.1 Å². The van der Waals surface area contributed by atoms with Gasteiger partial charge in [0.05, 0.1) is 49.1 Å². The number of carbonyl (C=O) groups excluding carboxylic acids is 11. The average molecular weight is 1110 g/mol. The lowest BCUT2D eigenvalue weighted by atomic mass is 9.89. The molecular weight excluding hydrogens is 1030 g/mol. The number of aliphatic hydroxyl groups excluding tert-OH is 2. The standard InChI is InChI=1S/C48H81N13O17/c1-23(2)16-24(3)43(75)59-31(9-7-15-56-48(53)54)34(65)17-27(10-13-39(70)71)44(76)61-41(26(5)63)36(67)18-28(20-37(49)68)45(77)57-25(4)33(64)11-12-38(69)58-30(8-6-14-55-47(51)52)35(66)19-29(22-62)46(78)60-32(42(50)74)21-40(72)73/h23-32,41,62-63H,6-22H2,1-5H3,(H2,49,68)(H2,50,74)(H,57,77)(H,58,69)(H,59,75)(H,60,78)(H,61,76)(H,70,71)(H,72,73)(H4,51,52,55)(H4,53,54,56)/t24-,25-,26+,27+,28-,29-,30-,31-,32-,41-/m0/s1. The lowest BCUT2D eigenvalue weighted by molar-refractivity contribution is -0.141. The Morgan fingerprint density at radius 1 is 0.487 bits per heavy atom. The van der Waals surface area contributed by atoms with Crippen molar-refractivity contribution in [3.05, 3.63) is 0 Å². The van der Waals surface area contributed by atoms with Gasteiger partial charge in [0.15, 0.2) is 35.1 Å². The zero-order chi connectivity index (χ0) is 60.0. The molecule has 440 valence electrons. The number of carbonyl (C=O) groups is 13. The Balaban J connectivity index is 6.22. The Labute approximate surface area is 451 Å². The molecule has 0 fully saturated rings. The molecule has 30 nitrogen and oxygen atoms in total. The van der Waals surface area contributed by atoms with E-state index in [0.717, 1.165) is 6.92 Å². The second-order valence-corrected chi connectivity index (χ2v) is 19.5. The smallest absolute Gasteiger partial charge is 0.305 e. The number of aliphatic imine (C=N–C) groups is 2. The van der Waals surface area contributed by atoms with Gasteiger partial charge in [0, 0.05) is 69.9 Å². The topological polar surface area (TPSA) is 544 Å². The van der Waals surface area contributed by atoms with Crippen molar-refractivity contribution < 1.29 is 82.8 Å². The lowest BCUT2D eigenvalue weighted by Gasteiger charge is -2.26. The second kappa shape index (κ2) is 36.4. The molecule has 30 heteroatoms. The van der Waals surface area contributed by atoms with E-state index in [4.69, 9.17) is 39.5 Å². The number of ketones is 4. The van der Waals surface area contributed by atoms with E-state index in [-0.39, 0.29) is 56.6 Å². The van der Waals surface area contributed by atoms with Gasteiger partial charge in [-0.05, 0) is 58.3 Å². The largest absolute Gasteiger partial charge is 0.481 e. The van der Waals surface area contributed by atoms with Crippen molar-refractivity contribution in [2.75, 3.05) is 19.7 Å². The van der Waals surface area contributed by atoms with Crippen molar-refractivity contribution in [2.24, 2.45) is 74.0 Å². The van der Waals surface area contributed by atoms with Crippen molar-refractivity contribution in [3.8, 4) is 0 Å². The van der Waals surface area contributed by atoms with Crippen LogP contribution in [-0.4, -0.2) is 165 Å². The predicted octanol–water partition coefficient (Wildman–Crippen LogP) is -4.63. The molecule has 0 unspecified atom stereocenters. The molecule has 0 aromatic rings. The van der Waals surface area contributed by atoms with Gasteiger partial charge in [0.2, 0.25) is 41.4 Å². The lowest BCUT2D eigenvalue weighted by Crippen LogP contribution is -2.52. The number of nitrogens with two attached hydrogens (primary N) is 6. The number of carboxylic acid groups (broad SMARTS) is 2. The highest BCUT2D eigenvalue weighted by atomic mass is 16.4. The summed E-state index contributed by atoms with van der Waals surface area (Å²) in [6, 6.07) is -7.34. The first-order valence-corrected chi connectivity index (χ1v) is 25.3. The van der Waals surface area contributed by atoms with Crippen molar-refractivity contribution in [3.63, 3.8) is 0 Å². The quantitative estimate of drug-likeness (QED) is 0.0155. The van der Waals surface area contributed by atoms with E-state index in [9.17, 15) is 77.6 Å². The minimum absolute atomic E-state index is 0.00216. The predicted molar refractivity (Wildman–Crippen MR) is 278 cm³/mol. The molecule has 7 amide bonds. The number of aliphatic carboxylic acids is 2. The van der Waals surface area contributed by atoms with Gasteiger partial charge < -0.3 is 81.4 Å². The molecule has 21 N–H and O–H groups in total. The maximum Gasteiger partial charge on any atom is 0.305 e. The molecule has 0 heterocycles. The molecule has 0 spiro atoms. The molecule has 78 heavy (non-hydrogen) atoms. The van der Waals surface area contributed by atoms with Gasteiger partial charge >= 0.3 is 11.9 Å². The molecule has 0 bridgehead atoms. The maximum absolute atomic E-state index is 13.8. The van der Waals surface area contributed by atoms with Gasteiger partial charge in [0.25, 0.3) is 0 Å². The van der Waals surface area contributed by atoms with Crippen LogP contribution in [-0.2, 0) is 62.3 Å². The molecule has 0 saturated carbocycles. The fourth-order valence-electron chi connectivity index (χ4n) is 7.83. The Morgan fingerprint density at radius 3 is 1.44 bits per heavy atom. The van der Waals surface area contributed by atoms with Crippen LogP contribution < -0.4 is 61.0 Å². The van der Waals surface area contributed by atoms with Crippen LogP contribution in [0.25, 0.3) is 0 Å². The van der Waals surface area contributed by atoms with E-state index in [1.807, 2.05) is 13.8 Å². The normalized spacial score (nSPS) is 14.9. The van der Waals surface area contributed by atoms with Crippen LogP contribution in [0.5, 0.6) is 0 Å².